The summed E-state index contributed by atoms with van der Waals surface area (Å²) < 4.78 is 5.91. The van der Waals surface area contributed by atoms with Crippen LogP contribution in [0.4, 0.5) is 5.69 Å². The van der Waals surface area contributed by atoms with Crippen LogP contribution in [-0.4, -0.2) is 17.6 Å². The van der Waals surface area contributed by atoms with Crippen molar-refractivity contribution in [2.45, 2.75) is 13.0 Å². The highest BCUT2D eigenvalue weighted by Gasteiger charge is 2.23. The van der Waals surface area contributed by atoms with Crippen LogP contribution in [0, 0.1) is 0 Å². The lowest BCUT2D eigenvalue weighted by molar-refractivity contribution is -0.144. The molecule has 1 atom stereocenters. The van der Waals surface area contributed by atoms with E-state index in [1.807, 2.05) is 18.2 Å². The van der Waals surface area contributed by atoms with Crippen molar-refractivity contribution < 1.29 is 9.53 Å². The number of hydrogen-bond donors (Lipinski definition) is 1. The number of ether oxygens (including phenoxy) is 1. The molecule has 2 aromatic rings. The summed E-state index contributed by atoms with van der Waals surface area (Å²) in [5.41, 5.74) is 1.36. The lowest BCUT2D eigenvalue weighted by Crippen LogP contribution is -2.23. The van der Waals surface area contributed by atoms with E-state index < -0.39 is 6.04 Å². The summed E-state index contributed by atoms with van der Waals surface area (Å²) in [7, 11) is 0. The summed E-state index contributed by atoms with van der Waals surface area (Å²) >= 11 is 9.48. The molecule has 4 nitrogen and oxygen atoms in total. The van der Waals surface area contributed by atoms with Crippen molar-refractivity contribution in [3.8, 4) is 0 Å². The number of nitrogens with zero attached hydrogens (tertiary/aromatic N) is 1. The molecule has 0 amide bonds. The normalized spacial score (nSPS) is 11.8. The zero-order chi connectivity index (χ0) is 15.2. The molecular weight excluding hydrogens is 356 g/mol. The molecule has 1 aromatic carbocycles. The molecule has 0 aliphatic heterocycles. The Morgan fingerprint density at radius 2 is 2.19 bits per heavy atom. The van der Waals surface area contributed by atoms with Crippen molar-refractivity contribution in [1.29, 1.82) is 0 Å². The van der Waals surface area contributed by atoms with E-state index in [4.69, 9.17) is 16.3 Å². The van der Waals surface area contributed by atoms with Crippen molar-refractivity contribution in [2.24, 2.45) is 0 Å². The molecule has 0 aliphatic carbocycles. The number of halogens is 2. The Balaban J connectivity index is 2.33. The molecule has 0 spiro atoms. The third-order valence-electron chi connectivity index (χ3n) is 2.76. The van der Waals surface area contributed by atoms with Crippen LogP contribution < -0.4 is 5.32 Å². The largest absolute Gasteiger partial charge is 0.464 e. The van der Waals surface area contributed by atoms with Gasteiger partial charge in [0.15, 0.2) is 6.04 Å². The van der Waals surface area contributed by atoms with Crippen molar-refractivity contribution in [1.82, 2.24) is 4.98 Å². The average Bonchev–Trinajstić information content (AvgIpc) is 2.46. The third-order valence-corrected chi connectivity index (χ3v) is 3.52. The smallest absolute Gasteiger partial charge is 0.333 e. The highest BCUT2D eigenvalue weighted by molar-refractivity contribution is 9.10. The van der Waals surface area contributed by atoms with Crippen LogP contribution >= 0.6 is 27.5 Å². The number of esters is 1. The molecule has 1 heterocycles. The van der Waals surface area contributed by atoms with Gasteiger partial charge in [-0.1, -0.05) is 23.7 Å². The minimum absolute atomic E-state index is 0.307. The van der Waals surface area contributed by atoms with Crippen molar-refractivity contribution in [2.75, 3.05) is 11.9 Å². The summed E-state index contributed by atoms with van der Waals surface area (Å²) in [6, 6.07) is 8.38. The molecule has 0 radical (unpaired) electrons. The number of carbonyl (C=O) groups is 1. The van der Waals surface area contributed by atoms with Crippen LogP contribution in [0.2, 0.25) is 5.02 Å². The fraction of sp³-hybridized carbons (Fsp3) is 0.200. The molecule has 0 aliphatic rings. The minimum atomic E-state index is -0.671. The van der Waals surface area contributed by atoms with Crippen LogP contribution in [0.15, 0.2) is 47.2 Å². The second kappa shape index (κ2) is 7.43. The van der Waals surface area contributed by atoms with Crippen molar-refractivity contribution >= 4 is 39.2 Å². The second-order valence-electron chi connectivity index (χ2n) is 4.25. The standard InChI is InChI=1S/C15H14BrClN2O2/c1-2-21-15(20)14(10-7-11(16)9-18-8-10)19-13-6-4-3-5-12(13)17/h3-9,14,19H,2H2,1H3. The minimum Gasteiger partial charge on any atom is -0.464 e. The Bertz CT molecular complexity index is 637. The van der Waals surface area contributed by atoms with E-state index in [0.29, 0.717) is 22.9 Å². The van der Waals surface area contributed by atoms with Gasteiger partial charge >= 0.3 is 5.97 Å². The molecule has 1 aromatic heterocycles. The van der Waals surface area contributed by atoms with E-state index in [1.54, 1.807) is 31.5 Å². The van der Waals surface area contributed by atoms with Crippen LogP contribution in [-0.2, 0) is 9.53 Å². The van der Waals surface area contributed by atoms with Gasteiger partial charge < -0.3 is 10.1 Å². The number of anilines is 1. The van der Waals surface area contributed by atoms with Gasteiger partial charge in [-0.05, 0) is 41.1 Å². The van der Waals surface area contributed by atoms with Gasteiger partial charge in [-0.2, -0.15) is 0 Å². The van der Waals surface area contributed by atoms with E-state index in [0.717, 1.165) is 4.47 Å². The quantitative estimate of drug-likeness (QED) is 0.802. The Labute approximate surface area is 136 Å². The van der Waals surface area contributed by atoms with Crippen LogP contribution in [0.25, 0.3) is 0 Å². The third kappa shape index (κ3) is 4.19. The van der Waals surface area contributed by atoms with Gasteiger partial charge in [0.05, 0.1) is 17.3 Å². The van der Waals surface area contributed by atoms with E-state index in [2.05, 4.69) is 26.2 Å². The Kier molecular flexibility index (Phi) is 5.59. The first-order chi connectivity index (χ1) is 10.1. The molecule has 0 saturated heterocycles. The Hall–Kier alpha value is -1.59. The zero-order valence-electron chi connectivity index (χ0n) is 11.3. The lowest BCUT2D eigenvalue weighted by atomic mass is 10.1. The average molecular weight is 370 g/mol. The molecule has 110 valence electrons. The van der Waals surface area contributed by atoms with Crippen LogP contribution in [0.5, 0.6) is 0 Å². The molecule has 0 fully saturated rings. The predicted octanol–water partition coefficient (Wildman–Crippen LogP) is 4.21. The molecule has 6 heteroatoms. The number of carbonyl (C=O) groups excluding carboxylic acids is 1. The SMILES string of the molecule is CCOC(=O)C(Nc1ccccc1Cl)c1cncc(Br)c1. The monoisotopic (exact) mass is 368 g/mol. The van der Waals surface area contributed by atoms with Gasteiger partial charge in [-0.25, -0.2) is 4.79 Å². The first kappa shape index (κ1) is 15.8. The maximum Gasteiger partial charge on any atom is 0.333 e. The van der Waals surface area contributed by atoms with Crippen molar-refractivity contribution in [3.63, 3.8) is 0 Å². The highest BCUT2D eigenvalue weighted by atomic mass is 79.9. The van der Waals surface area contributed by atoms with Gasteiger partial charge in [0.2, 0.25) is 0 Å². The molecule has 2 rings (SSSR count). The van der Waals surface area contributed by atoms with E-state index in [9.17, 15) is 4.79 Å². The highest BCUT2D eigenvalue weighted by Crippen LogP contribution is 2.27. The summed E-state index contributed by atoms with van der Waals surface area (Å²) in [5, 5.41) is 3.64. The zero-order valence-corrected chi connectivity index (χ0v) is 13.7. The Morgan fingerprint density at radius 1 is 1.43 bits per heavy atom. The number of hydrogen-bond acceptors (Lipinski definition) is 4. The van der Waals surface area contributed by atoms with Crippen molar-refractivity contribution in [3.05, 3.63) is 57.8 Å². The van der Waals surface area contributed by atoms with Gasteiger partial charge in [0.25, 0.3) is 0 Å². The van der Waals surface area contributed by atoms with E-state index >= 15 is 0 Å². The molecule has 0 saturated carbocycles. The van der Waals surface area contributed by atoms with Crippen LogP contribution in [0.3, 0.4) is 0 Å². The first-order valence-corrected chi connectivity index (χ1v) is 7.57. The summed E-state index contributed by atoms with van der Waals surface area (Å²) in [6.45, 7) is 2.07. The van der Waals surface area contributed by atoms with Gasteiger partial charge in [0, 0.05) is 22.4 Å². The topological polar surface area (TPSA) is 51.2 Å². The summed E-state index contributed by atoms with van der Waals surface area (Å²) in [5.74, 6) is -0.377. The van der Waals surface area contributed by atoms with Gasteiger partial charge in [-0.15, -0.1) is 0 Å². The molecule has 1 N–H and O–H groups in total. The van der Waals surface area contributed by atoms with Gasteiger partial charge in [-0.3, -0.25) is 4.98 Å². The molecule has 0 bridgehead atoms. The number of pyridine rings is 1. The maximum atomic E-state index is 12.2. The number of aromatic nitrogens is 1. The molecule has 21 heavy (non-hydrogen) atoms. The fourth-order valence-electron chi connectivity index (χ4n) is 1.82. The van der Waals surface area contributed by atoms with Gasteiger partial charge in [0.1, 0.15) is 0 Å². The number of para-hydroxylation sites is 1. The van der Waals surface area contributed by atoms with E-state index in [-0.39, 0.29) is 5.97 Å². The van der Waals surface area contributed by atoms with Crippen LogP contribution in [0.1, 0.15) is 18.5 Å². The fourth-order valence-corrected chi connectivity index (χ4v) is 2.40. The number of nitrogens with one attached hydrogen (secondary N) is 1. The lowest BCUT2D eigenvalue weighted by Gasteiger charge is -2.19. The first-order valence-electron chi connectivity index (χ1n) is 6.40. The number of benzene rings is 1. The maximum absolute atomic E-state index is 12.2. The Morgan fingerprint density at radius 3 is 2.86 bits per heavy atom. The number of rotatable bonds is 5. The van der Waals surface area contributed by atoms with E-state index in [1.165, 1.54) is 0 Å². The molecule has 1 unspecified atom stereocenters. The predicted molar refractivity (Wildman–Crippen MR) is 86.4 cm³/mol. The summed E-state index contributed by atoms with van der Waals surface area (Å²) in [6.07, 6.45) is 3.28. The second-order valence-corrected chi connectivity index (χ2v) is 5.57. The molecular formula is C15H14BrClN2O2. The summed E-state index contributed by atoms with van der Waals surface area (Å²) in [4.78, 5) is 16.3.